The van der Waals surface area contributed by atoms with Gasteiger partial charge in [-0.3, -0.25) is 13.9 Å². The zero-order chi connectivity index (χ0) is 18.8. The van der Waals surface area contributed by atoms with E-state index in [4.69, 9.17) is 0 Å². The fraction of sp³-hybridized carbons (Fsp3) is 0.467. The summed E-state index contributed by atoms with van der Waals surface area (Å²) >= 11 is 0. The second kappa shape index (κ2) is 7.34. The molecular formula is C15H19F2N3O4S. The standard InChI is InChI=1S/C15H19F2N3O4S/c1-11(21)18-5-7-19(8-6-18)15(22)10-20(25(2,23)24)14-4-3-12(16)9-13(14)17/h3-4,9H,5-8,10H2,1-2H3. The number of piperazine rings is 1. The Hall–Kier alpha value is -2.23. The molecule has 1 heterocycles. The Kier molecular flexibility index (Phi) is 5.61. The minimum atomic E-state index is -3.95. The molecule has 1 aliphatic rings. The van der Waals surface area contributed by atoms with Crippen molar-refractivity contribution in [3.05, 3.63) is 29.8 Å². The summed E-state index contributed by atoms with van der Waals surface area (Å²) in [5.41, 5.74) is -0.389. The molecule has 1 aromatic carbocycles. The first-order valence-electron chi connectivity index (χ1n) is 7.55. The van der Waals surface area contributed by atoms with Gasteiger partial charge in [-0.05, 0) is 12.1 Å². The zero-order valence-electron chi connectivity index (χ0n) is 13.9. The van der Waals surface area contributed by atoms with Crippen molar-refractivity contribution in [2.45, 2.75) is 6.92 Å². The monoisotopic (exact) mass is 375 g/mol. The maximum absolute atomic E-state index is 13.9. The number of carbonyl (C=O) groups is 2. The van der Waals surface area contributed by atoms with Crippen LogP contribution in [0.5, 0.6) is 0 Å². The predicted octanol–water partition coefficient (Wildman–Crippen LogP) is 0.421. The van der Waals surface area contributed by atoms with Crippen molar-refractivity contribution in [2.24, 2.45) is 0 Å². The molecule has 1 fully saturated rings. The molecule has 2 amide bonds. The second-order valence-corrected chi connectivity index (χ2v) is 7.66. The van der Waals surface area contributed by atoms with Crippen molar-refractivity contribution in [3.8, 4) is 0 Å². The van der Waals surface area contributed by atoms with Crippen LogP contribution in [0.25, 0.3) is 0 Å². The normalized spacial score (nSPS) is 15.2. The first kappa shape index (κ1) is 19.1. The van der Waals surface area contributed by atoms with E-state index in [0.29, 0.717) is 23.5 Å². The van der Waals surface area contributed by atoms with Gasteiger partial charge in [0.2, 0.25) is 21.8 Å². The average molecular weight is 375 g/mol. The van der Waals surface area contributed by atoms with Crippen molar-refractivity contribution in [3.63, 3.8) is 0 Å². The molecule has 7 nitrogen and oxygen atoms in total. The van der Waals surface area contributed by atoms with Gasteiger partial charge in [0.1, 0.15) is 18.2 Å². The van der Waals surface area contributed by atoms with Gasteiger partial charge in [-0.2, -0.15) is 0 Å². The van der Waals surface area contributed by atoms with E-state index < -0.39 is 34.1 Å². The molecule has 10 heteroatoms. The van der Waals surface area contributed by atoms with E-state index in [2.05, 4.69) is 0 Å². The molecular weight excluding hydrogens is 356 g/mol. The molecule has 0 aromatic heterocycles. The Morgan fingerprint density at radius 2 is 1.68 bits per heavy atom. The number of benzene rings is 1. The van der Waals surface area contributed by atoms with Gasteiger partial charge in [0, 0.05) is 39.2 Å². The topological polar surface area (TPSA) is 78.0 Å². The minimum Gasteiger partial charge on any atom is -0.339 e. The Balaban J connectivity index is 2.16. The van der Waals surface area contributed by atoms with Gasteiger partial charge in [0.15, 0.2) is 0 Å². The Morgan fingerprint density at radius 3 is 2.16 bits per heavy atom. The highest BCUT2D eigenvalue weighted by Gasteiger charge is 2.28. The lowest BCUT2D eigenvalue weighted by Crippen LogP contribution is -2.52. The van der Waals surface area contributed by atoms with E-state index in [1.54, 1.807) is 4.90 Å². The van der Waals surface area contributed by atoms with Crippen LogP contribution in [0.4, 0.5) is 14.5 Å². The van der Waals surface area contributed by atoms with Crippen LogP contribution in [0.15, 0.2) is 18.2 Å². The summed E-state index contributed by atoms with van der Waals surface area (Å²) in [4.78, 5) is 26.7. The lowest BCUT2D eigenvalue weighted by Gasteiger charge is -2.35. The van der Waals surface area contributed by atoms with Crippen molar-refractivity contribution in [1.82, 2.24) is 9.80 Å². The average Bonchev–Trinajstić information content (AvgIpc) is 2.52. The summed E-state index contributed by atoms with van der Waals surface area (Å²) < 4.78 is 51.5. The number of rotatable bonds is 4. The van der Waals surface area contributed by atoms with E-state index in [1.165, 1.54) is 11.8 Å². The lowest BCUT2D eigenvalue weighted by molar-refractivity contribution is -0.137. The first-order valence-corrected chi connectivity index (χ1v) is 9.40. The molecule has 0 atom stereocenters. The van der Waals surface area contributed by atoms with Crippen LogP contribution in [0.1, 0.15) is 6.92 Å². The van der Waals surface area contributed by atoms with Crippen molar-refractivity contribution in [1.29, 1.82) is 0 Å². The number of anilines is 1. The SMILES string of the molecule is CC(=O)N1CCN(C(=O)CN(c2ccc(F)cc2F)S(C)(=O)=O)CC1. The van der Waals surface area contributed by atoms with E-state index in [0.717, 1.165) is 18.4 Å². The van der Waals surface area contributed by atoms with Crippen LogP contribution < -0.4 is 4.31 Å². The maximum Gasteiger partial charge on any atom is 0.243 e. The van der Waals surface area contributed by atoms with Crippen LogP contribution in [0, 0.1) is 11.6 Å². The third-order valence-electron chi connectivity index (χ3n) is 3.94. The third-order valence-corrected chi connectivity index (χ3v) is 5.06. The van der Waals surface area contributed by atoms with Crippen LogP contribution in [-0.2, 0) is 19.6 Å². The summed E-state index contributed by atoms with van der Waals surface area (Å²) in [6.07, 6.45) is 0.844. The zero-order valence-corrected chi connectivity index (χ0v) is 14.7. The predicted molar refractivity (Wildman–Crippen MR) is 87.4 cm³/mol. The van der Waals surface area contributed by atoms with Crippen LogP contribution >= 0.6 is 0 Å². The van der Waals surface area contributed by atoms with Gasteiger partial charge in [-0.25, -0.2) is 17.2 Å². The van der Waals surface area contributed by atoms with Gasteiger partial charge in [-0.1, -0.05) is 0 Å². The van der Waals surface area contributed by atoms with E-state index in [9.17, 15) is 26.8 Å². The number of amides is 2. The molecule has 0 saturated carbocycles. The summed E-state index contributed by atoms with van der Waals surface area (Å²) in [6, 6.07) is 2.46. The summed E-state index contributed by atoms with van der Waals surface area (Å²) in [6.45, 7) is 2.07. The molecule has 25 heavy (non-hydrogen) atoms. The van der Waals surface area contributed by atoms with Crippen molar-refractivity contribution < 1.29 is 26.8 Å². The van der Waals surface area contributed by atoms with Gasteiger partial charge in [0.25, 0.3) is 0 Å². The van der Waals surface area contributed by atoms with Gasteiger partial charge in [0.05, 0.1) is 11.9 Å². The molecule has 138 valence electrons. The molecule has 1 aliphatic heterocycles. The number of nitrogens with zero attached hydrogens (tertiary/aromatic N) is 3. The summed E-state index contributed by atoms with van der Waals surface area (Å²) in [7, 11) is -3.95. The minimum absolute atomic E-state index is 0.0988. The number of halogens is 2. The molecule has 0 radical (unpaired) electrons. The van der Waals surface area contributed by atoms with E-state index in [-0.39, 0.29) is 24.7 Å². The number of sulfonamides is 1. The number of hydrogen-bond donors (Lipinski definition) is 0. The highest BCUT2D eigenvalue weighted by molar-refractivity contribution is 7.92. The van der Waals surface area contributed by atoms with E-state index in [1.807, 2.05) is 0 Å². The van der Waals surface area contributed by atoms with Crippen LogP contribution in [-0.4, -0.2) is 69.0 Å². The second-order valence-electron chi connectivity index (χ2n) is 5.75. The fourth-order valence-corrected chi connectivity index (χ4v) is 3.41. The maximum atomic E-state index is 13.9. The Bertz CT molecular complexity index is 777. The van der Waals surface area contributed by atoms with Gasteiger partial charge in [-0.15, -0.1) is 0 Å². The van der Waals surface area contributed by atoms with Gasteiger partial charge >= 0.3 is 0 Å². The Labute approximate surface area is 144 Å². The fourth-order valence-electron chi connectivity index (χ4n) is 2.56. The molecule has 1 aromatic rings. The highest BCUT2D eigenvalue weighted by Crippen LogP contribution is 2.22. The molecule has 0 spiro atoms. The number of carbonyl (C=O) groups excluding carboxylic acids is 2. The third kappa shape index (κ3) is 4.65. The smallest absolute Gasteiger partial charge is 0.243 e. The van der Waals surface area contributed by atoms with Crippen molar-refractivity contribution in [2.75, 3.05) is 43.3 Å². The Morgan fingerprint density at radius 1 is 1.12 bits per heavy atom. The molecule has 0 aliphatic carbocycles. The van der Waals surface area contributed by atoms with Crippen LogP contribution in [0.2, 0.25) is 0 Å². The molecule has 0 N–H and O–H groups in total. The largest absolute Gasteiger partial charge is 0.339 e. The molecule has 2 rings (SSSR count). The lowest BCUT2D eigenvalue weighted by atomic mass is 10.2. The summed E-state index contributed by atoms with van der Waals surface area (Å²) in [5.74, 6) is -2.53. The van der Waals surface area contributed by atoms with E-state index >= 15 is 0 Å². The van der Waals surface area contributed by atoms with Crippen molar-refractivity contribution >= 4 is 27.5 Å². The molecule has 1 saturated heterocycles. The molecule has 0 bridgehead atoms. The number of hydrogen-bond acceptors (Lipinski definition) is 4. The first-order chi connectivity index (χ1) is 11.6. The molecule has 0 unspecified atom stereocenters. The summed E-state index contributed by atoms with van der Waals surface area (Å²) in [5, 5.41) is 0. The van der Waals surface area contributed by atoms with Crippen LogP contribution in [0.3, 0.4) is 0 Å². The highest BCUT2D eigenvalue weighted by atomic mass is 32.2. The quantitative estimate of drug-likeness (QED) is 0.764. The van der Waals surface area contributed by atoms with Gasteiger partial charge < -0.3 is 9.80 Å².